The van der Waals surface area contributed by atoms with Crippen LogP contribution in [0.25, 0.3) is 0 Å². The van der Waals surface area contributed by atoms with E-state index in [1.165, 1.54) is 0 Å². The van der Waals surface area contributed by atoms with Gasteiger partial charge in [-0.25, -0.2) is 0 Å². The van der Waals surface area contributed by atoms with Gasteiger partial charge in [-0.3, -0.25) is 14.6 Å². The van der Waals surface area contributed by atoms with E-state index in [4.69, 9.17) is 0 Å². The average molecular weight is 528 g/mol. The number of nitrogens with zero attached hydrogens (tertiary/aromatic N) is 6. The highest BCUT2D eigenvalue weighted by molar-refractivity contribution is 7.11. The molecule has 1 aliphatic heterocycles. The van der Waals surface area contributed by atoms with E-state index in [1.807, 2.05) is 55.5 Å². The van der Waals surface area contributed by atoms with Gasteiger partial charge in [0, 0.05) is 37.3 Å². The third-order valence-electron chi connectivity index (χ3n) is 6.63. The number of ketones is 1. The molecule has 1 fully saturated rings. The minimum Gasteiger partial charge on any atom is -0.355 e. The number of hydrogen-bond acceptors (Lipinski definition) is 9. The highest BCUT2D eigenvalue weighted by atomic mass is 32.1. The van der Waals surface area contributed by atoms with Gasteiger partial charge in [-0.05, 0) is 55.2 Å². The summed E-state index contributed by atoms with van der Waals surface area (Å²) in [6, 6.07) is 17.1. The van der Waals surface area contributed by atoms with Gasteiger partial charge in [-0.2, -0.15) is 0 Å². The molecule has 5 rings (SSSR count). The maximum absolute atomic E-state index is 12.6. The number of carbonyl (C=O) groups excluding carboxylic acids is 2. The Morgan fingerprint density at radius 2 is 1.74 bits per heavy atom. The molecule has 0 saturated carbocycles. The Balaban J connectivity index is 1.09. The fourth-order valence-corrected chi connectivity index (χ4v) is 5.57. The van der Waals surface area contributed by atoms with Gasteiger partial charge in [0.15, 0.2) is 11.6 Å². The van der Waals surface area contributed by atoms with Crippen LogP contribution in [0.3, 0.4) is 0 Å². The van der Waals surface area contributed by atoms with Gasteiger partial charge in [0.1, 0.15) is 15.8 Å². The number of piperidine rings is 1. The Labute approximate surface area is 225 Å². The predicted molar refractivity (Wildman–Crippen MR) is 146 cm³/mol. The molecule has 4 aromatic rings. The minimum absolute atomic E-state index is 0.159. The average Bonchev–Trinajstić information content (AvgIpc) is 3.39. The van der Waals surface area contributed by atoms with E-state index in [9.17, 15) is 9.59 Å². The summed E-state index contributed by atoms with van der Waals surface area (Å²) in [5, 5.41) is 21.8. The molecule has 0 atom stereocenters. The van der Waals surface area contributed by atoms with Crippen molar-refractivity contribution in [3.8, 4) is 0 Å². The van der Waals surface area contributed by atoms with E-state index in [0.29, 0.717) is 30.3 Å². The summed E-state index contributed by atoms with van der Waals surface area (Å²) in [6.07, 6.45) is 4.45. The number of benzene rings is 1. The van der Waals surface area contributed by atoms with Crippen molar-refractivity contribution >= 4 is 34.7 Å². The first-order valence-electron chi connectivity index (χ1n) is 12.7. The predicted octanol–water partition coefficient (Wildman–Crippen LogP) is 3.95. The highest BCUT2D eigenvalue weighted by Gasteiger charge is 2.25. The second kappa shape index (κ2) is 12.0. The van der Waals surface area contributed by atoms with Gasteiger partial charge in [0.05, 0.1) is 12.8 Å². The van der Waals surface area contributed by atoms with Crippen molar-refractivity contribution in [1.82, 2.24) is 25.4 Å². The van der Waals surface area contributed by atoms with Crippen molar-refractivity contribution in [3.05, 3.63) is 87.6 Å². The fourth-order valence-electron chi connectivity index (χ4n) is 4.53. The molecule has 10 heteroatoms. The smallest absolute Gasteiger partial charge is 0.231 e. The van der Waals surface area contributed by atoms with Crippen molar-refractivity contribution in [2.45, 2.75) is 44.9 Å². The molecular formula is C28H29N7O2S. The molecule has 9 nitrogen and oxygen atoms in total. The number of carbonyl (C=O) groups is 2. The lowest BCUT2D eigenvalue weighted by Crippen LogP contribution is -2.33. The molecule has 194 valence electrons. The van der Waals surface area contributed by atoms with Crippen LogP contribution in [0.4, 0.5) is 11.6 Å². The van der Waals surface area contributed by atoms with E-state index in [0.717, 1.165) is 52.9 Å². The van der Waals surface area contributed by atoms with Crippen molar-refractivity contribution in [3.63, 3.8) is 0 Å². The number of nitrogens with one attached hydrogen (secondary N) is 1. The SMILES string of the molecule is Cc1ccccc1CC(=O)Cc1nnc(C2CCN(c3ccc(NC(=O)Cc4ccccn4)nn3)CC2)s1. The Morgan fingerprint density at radius 3 is 2.47 bits per heavy atom. The summed E-state index contributed by atoms with van der Waals surface area (Å²) in [7, 11) is 0. The maximum Gasteiger partial charge on any atom is 0.231 e. The molecule has 0 bridgehead atoms. The lowest BCUT2D eigenvalue weighted by molar-refractivity contribution is -0.118. The van der Waals surface area contributed by atoms with Gasteiger partial charge in [-0.15, -0.1) is 31.7 Å². The number of Topliss-reactive ketones (excluding diaryl/α,β-unsaturated/α-hetero) is 1. The van der Waals surface area contributed by atoms with Crippen LogP contribution >= 0.6 is 11.3 Å². The molecule has 1 amide bonds. The number of amides is 1. The zero-order valence-corrected chi connectivity index (χ0v) is 22.0. The van der Waals surface area contributed by atoms with Crippen molar-refractivity contribution in [2.75, 3.05) is 23.3 Å². The zero-order chi connectivity index (χ0) is 26.3. The van der Waals surface area contributed by atoms with Crippen LogP contribution in [0.15, 0.2) is 60.8 Å². The van der Waals surface area contributed by atoms with Crippen LogP contribution in [-0.2, 0) is 28.9 Å². The van der Waals surface area contributed by atoms with Crippen molar-refractivity contribution < 1.29 is 9.59 Å². The van der Waals surface area contributed by atoms with Gasteiger partial charge in [-0.1, -0.05) is 30.3 Å². The second-order valence-corrected chi connectivity index (χ2v) is 10.5. The molecule has 0 spiro atoms. The summed E-state index contributed by atoms with van der Waals surface area (Å²) in [4.78, 5) is 31.2. The van der Waals surface area contributed by atoms with Crippen LogP contribution in [-0.4, -0.2) is 50.2 Å². The Bertz CT molecular complexity index is 1380. The molecule has 1 saturated heterocycles. The molecule has 4 heterocycles. The van der Waals surface area contributed by atoms with Crippen LogP contribution in [0.5, 0.6) is 0 Å². The third-order valence-corrected chi connectivity index (χ3v) is 7.72. The molecule has 1 aromatic carbocycles. The summed E-state index contributed by atoms with van der Waals surface area (Å²) in [6.45, 7) is 3.68. The fraction of sp³-hybridized carbons (Fsp3) is 0.321. The number of rotatable bonds is 9. The highest BCUT2D eigenvalue weighted by Crippen LogP contribution is 2.32. The topological polar surface area (TPSA) is 114 Å². The summed E-state index contributed by atoms with van der Waals surface area (Å²) < 4.78 is 0. The number of aryl methyl sites for hydroxylation is 1. The molecule has 0 unspecified atom stereocenters. The first-order valence-corrected chi connectivity index (χ1v) is 13.5. The molecule has 3 aromatic heterocycles. The number of hydrogen-bond donors (Lipinski definition) is 1. The molecular weight excluding hydrogens is 498 g/mol. The zero-order valence-electron chi connectivity index (χ0n) is 21.2. The van der Waals surface area contributed by atoms with Crippen LogP contribution in [0, 0.1) is 6.92 Å². The Kier molecular flexibility index (Phi) is 8.08. The van der Waals surface area contributed by atoms with E-state index in [2.05, 4.69) is 35.6 Å². The van der Waals surface area contributed by atoms with Gasteiger partial charge in [0.25, 0.3) is 0 Å². The van der Waals surface area contributed by atoms with Crippen molar-refractivity contribution in [1.29, 1.82) is 0 Å². The van der Waals surface area contributed by atoms with Crippen LogP contribution in [0.1, 0.15) is 45.6 Å². The lowest BCUT2D eigenvalue weighted by Gasteiger charge is -2.31. The van der Waals surface area contributed by atoms with Crippen LogP contribution in [0.2, 0.25) is 0 Å². The molecule has 0 aliphatic carbocycles. The first kappa shape index (κ1) is 25.6. The van der Waals surface area contributed by atoms with E-state index in [-0.39, 0.29) is 18.1 Å². The minimum atomic E-state index is -0.181. The van der Waals surface area contributed by atoms with E-state index in [1.54, 1.807) is 23.6 Å². The standard InChI is InChI=1S/C28H29N7O2S/c1-19-6-2-3-7-21(19)16-23(36)18-27-33-34-28(38-27)20-11-14-35(15-12-20)25-10-9-24(31-32-25)30-26(37)17-22-8-4-5-13-29-22/h2-10,13,20H,11-12,14-18H2,1H3,(H,30,31,37). The molecule has 1 aliphatic rings. The molecule has 0 radical (unpaired) electrons. The first-order chi connectivity index (χ1) is 18.5. The number of anilines is 2. The van der Waals surface area contributed by atoms with Crippen LogP contribution < -0.4 is 10.2 Å². The van der Waals surface area contributed by atoms with E-state index < -0.39 is 0 Å². The van der Waals surface area contributed by atoms with E-state index >= 15 is 0 Å². The van der Waals surface area contributed by atoms with Crippen molar-refractivity contribution in [2.24, 2.45) is 0 Å². The normalized spacial score (nSPS) is 13.9. The largest absolute Gasteiger partial charge is 0.355 e. The van der Waals surface area contributed by atoms with Gasteiger partial charge >= 0.3 is 0 Å². The third kappa shape index (κ3) is 6.63. The monoisotopic (exact) mass is 527 g/mol. The Morgan fingerprint density at radius 1 is 0.921 bits per heavy atom. The summed E-state index contributed by atoms with van der Waals surface area (Å²) in [5.74, 6) is 1.50. The summed E-state index contributed by atoms with van der Waals surface area (Å²) in [5.41, 5.74) is 2.90. The maximum atomic E-state index is 12.6. The Hall–Kier alpha value is -4.05. The lowest BCUT2D eigenvalue weighted by atomic mass is 9.98. The second-order valence-electron chi connectivity index (χ2n) is 9.44. The summed E-state index contributed by atoms with van der Waals surface area (Å²) >= 11 is 1.55. The quantitative estimate of drug-likeness (QED) is 0.348. The van der Waals surface area contributed by atoms with Gasteiger partial charge < -0.3 is 10.2 Å². The number of aromatic nitrogens is 5. The molecule has 38 heavy (non-hydrogen) atoms. The van der Waals surface area contributed by atoms with Gasteiger partial charge in [0.2, 0.25) is 5.91 Å². The number of pyridine rings is 1. The molecule has 1 N–H and O–H groups in total.